The fraction of sp³-hybridized carbons (Fsp3) is 0.333. The van der Waals surface area contributed by atoms with Crippen molar-refractivity contribution in [2.75, 3.05) is 0 Å². The molecule has 0 aromatic heterocycles. The monoisotopic (exact) mass is 181 g/mol. The first-order chi connectivity index (χ1) is 8.84. The molecular formula is C9H14ClN. The second-order valence-electron chi connectivity index (χ2n) is 1.64. The summed E-state index contributed by atoms with van der Waals surface area (Å²) in [5, 5.41) is 0. The van der Waals surface area contributed by atoms with Gasteiger partial charge in [-0.3, -0.25) is 0 Å². The Morgan fingerprint density at radius 2 is 2.36 bits per heavy atom. The molecule has 0 saturated heterocycles. The molecule has 2 atom stereocenters. The molecule has 11 heavy (non-hydrogen) atoms. The van der Waals surface area contributed by atoms with Crippen LogP contribution in [0, 0.1) is 0 Å². The zero-order valence-electron chi connectivity index (χ0n) is 15.6. The molecule has 0 aliphatic heterocycles. The van der Waals surface area contributed by atoms with Crippen molar-refractivity contribution >= 4 is 12.4 Å². The lowest BCUT2D eigenvalue weighted by atomic mass is 10.1. The molecule has 0 bridgehead atoms. The molecule has 2 unspecified atom stereocenters. The van der Waals surface area contributed by atoms with Crippen LogP contribution in [0.4, 0.5) is 0 Å². The van der Waals surface area contributed by atoms with Gasteiger partial charge in [0.2, 0.25) is 0 Å². The summed E-state index contributed by atoms with van der Waals surface area (Å²) in [4.78, 5) is 0. The third-order valence-electron chi connectivity index (χ3n) is 0.819. The zero-order chi connectivity index (χ0) is 16.0. The van der Waals surface area contributed by atoms with Crippen molar-refractivity contribution < 1.29 is 13.7 Å². The summed E-state index contributed by atoms with van der Waals surface area (Å²) < 4.78 is 74.4. The Hall–Kier alpha value is -0.530. The fourth-order valence-corrected chi connectivity index (χ4v) is 0.487. The maximum absolute atomic E-state index is 7.78. The second-order valence-corrected chi connectivity index (χ2v) is 1.64. The molecule has 0 aliphatic rings. The van der Waals surface area contributed by atoms with Crippen molar-refractivity contribution in [1.82, 2.24) is 0 Å². The maximum Gasteiger partial charge on any atom is 0.0626 e. The van der Waals surface area contributed by atoms with E-state index in [1.54, 1.807) is 0 Å². The minimum Gasteiger partial charge on any atom is -0.328 e. The van der Waals surface area contributed by atoms with Gasteiger partial charge in [-0.25, -0.2) is 0 Å². The van der Waals surface area contributed by atoms with Gasteiger partial charge in [0, 0.05) is 12.9 Å². The highest BCUT2D eigenvalue weighted by atomic mass is 35.5. The first kappa shape index (κ1) is 2.48. The van der Waals surface area contributed by atoms with Gasteiger partial charge in [-0.05, 0) is 18.8 Å². The van der Waals surface area contributed by atoms with Crippen LogP contribution in [-0.4, -0.2) is 6.02 Å². The molecule has 1 nitrogen and oxygen atoms in total. The van der Waals surface area contributed by atoms with Crippen LogP contribution >= 0.6 is 12.4 Å². The molecule has 0 spiro atoms. The number of benzene rings is 1. The van der Waals surface area contributed by atoms with Gasteiger partial charge in [0.15, 0.2) is 0 Å². The third kappa shape index (κ3) is 4.02. The minimum absolute atomic E-state index is 0. The number of hydrogen-bond donors (Lipinski definition) is 1. The van der Waals surface area contributed by atoms with Crippen LogP contribution in [0.15, 0.2) is 30.2 Å². The number of rotatable bonds is 2. The quantitative estimate of drug-likeness (QED) is 0.742. The predicted octanol–water partition coefficient (Wildman–Crippen LogP) is 2.00. The van der Waals surface area contributed by atoms with Crippen LogP contribution in [0.2, 0.25) is 0 Å². The first-order valence-corrected chi connectivity index (χ1v) is 2.62. The molecule has 1 aromatic rings. The summed E-state index contributed by atoms with van der Waals surface area (Å²) in [6.45, 7) is -3.04. The molecular weight excluding hydrogens is 158 g/mol. The number of nitrogens with two attached hydrogens (primary N) is 1. The van der Waals surface area contributed by atoms with Crippen molar-refractivity contribution in [3.05, 3.63) is 35.8 Å². The molecule has 2 heteroatoms. The van der Waals surface area contributed by atoms with Crippen LogP contribution in [0.5, 0.6) is 0 Å². The standard InChI is InChI=1S/C9H13N.ClH/c1-8(10)7-9-5-3-2-4-6-9;/h2-6,8H,7,10H2,1H3;1H/i1D3,2D,3D,4D,5D,6D,7D,8D;. The maximum atomic E-state index is 7.78. The summed E-state index contributed by atoms with van der Waals surface area (Å²) >= 11 is 0. The van der Waals surface area contributed by atoms with Crippen LogP contribution < -0.4 is 5.73 Å². The van der Waals surface area contributed by atoms with Crippen molar-refractivity contribution in [2.45, 2.75) is 19.3 Å². The third-order valence-corrected chi connectivity index (χ3v) is 0.819. The SMILES string of the molecule is Cl.[2H]c1c([2H])c([2H])c(C([2H])C([2H])(N)C([2H])([2H])[2H])c([2H])c1[2H]. The summed E-state index contributed by atoms with van der Waals surface area (Å²) in [7, 11) is 0. The summed E-state index contributed by atoms with van der Waals surface area (Å²) in [5.74, 6) is 0. The van der Waals surface area contributed by atoms with Gasteiger partial charge in [-0.2, -0.15) is 0 Å². The van der Waals surface area contributed by atoms with E-state index >= 15 is 0 Å². The Labute approximate surface area is 88.1 Å². The lowest BCUT2D eigenvalue weighted by molar-refractivity contribution is 0.738. The summed E-state index contributed by atoms with van der Waals surface area (Å²) in [6.07, 6.45) is -2.01. The van der Waals surface area contributed by atoms with E-state index in [1.165, 1.54) is 0 Å². The Morgan fingerprint density at radius 1 is 1.73 bits per heavy atom. The van der Waals surface area contributed by atoms with E-state index in [-0.39, 0.29) is 12.4 Å². The van der Waals surface area contributed by atoms with E-state index in [1.807, 2.05) is 0 Å². The molecule has 2 N–H and O–H groups in total. The van der Waals surface area contributed by atoms with E-state index in [2.05, 4.69) is 0 Å². The van der Waals surface area contributed by atoms with E-state index < -0.39 is 55.0 Å². The Bertz CT molecular complexity index is 511. The van der Waals surface area contributed by atoms with Gasteiger partial charge >= 0.3 is 0 Å². The normalized spacial score (nSPS) is 31.7. The van der Waals surface area contributed by atoms with Gasteiger partial charge in [-0.15, -0.1) is 12.4 Å². The van der Waals surface area contributed by atoms with E-state index in [0.29, 0.717) is 0 Å². The Balaban J connectivity index is 0.00000400. The van der Waals surface area contributed by atoms with Gasteiger partial charge in [0.25, 0.3) is 0 Å². The minimum atomic E-state index is -3.04. The molecule has 0 aliphatic carbocycles. The van der Waals surface area contributed by atoms with E-state index in [0.717, 1.165) is 0 Å². The highest BCUT2D eigenvalue weighted by molar-refractivity contribution is 5.85. The van der Waals surface area contributed by atoms with Crippen molar-refractivity contribution in [1.29, 1.82) is 0 Å². The lowest BCUT2D eigenvalue weighted by Gasteiger charge is -2.02. The highest BCUT2D eigenvalue weighted by Gasteiger charge is 1.94. The number of hydrogen-bond acceptors (Lipinski definition) is 1. The summed E-state index contributed by atoms with van der Waals surface area (Å²) in [6, 6.07) is -6.28. The Morgan fingerprint density at radius 3 is 2.91 bits per heavy atom. The van der Waals surface area contributed by atoms with Gasteiger partial charge in [-0.1, -0.05) is 30.2 Å². The fourth-order valence-electron chi connectivity index (χ4n) is 0.487. The smallest absolute Gasteiger partial charge is 0.0626 e. The molecule has 1 aromatic carbocycles. The zero-order valence-corrected chi connectivity index (χ0v) is 6.38. The average Bonchev–Trinajstić information content (AvgIpc) is 2.32. The van der Waals surface area contributed by atoms with Gasteiger partial charge in [0.1, 0.15) is 0 Å². The largest absolute Gasteiger partial charge is 0.328 e. The van der Waals surface area contributed by atoms with Crippen LogP contribution in [-0.2, 0) is 6.40 Å². The lowest BCUT2D eigenvalue weighted by Crippen LogP contribution is -2.17. The van der Waals surface area contributed by atoms with E-state index in [4.69, 9.17) is 19.4 Å². The molecule has 1 rings (SSSR count). The Kier molecular flexibility index (Phi) is 1.16. The molecule has 0 amide bonds. The molecule has 0 fully saturated rings. The van der Waals surface area contributed by atoms with Crippen LogP contribution in [0.3, 0.4) is 0 Å². The van der Waals surface area contributed by atoms with Crippen LogP contribution in [0.25, 0.3) is 0 Å². The van der Waals surface area contributed by atoms with E-state index in [9.17, 15) is 0 Å². The predicted molar refractivity (Wildman–Crippen MR) is 51.0 cm³/mol. The van der Waals surface area contributed by atoms with Crippen molar-refractivity contribution in [2.24, 2.45) is 5.73 Å². The number of halogens is 1. The highest BCUT2D eigenvalue weighted by Crippen LogP contribution is 2.00. The van der Waals surface area contributed by atoms with Crippen LogP contribution in [0.1, 0.15) is 26.1 Å². The molecule has 0 radical (unpaired) electrons. The molecule has 0 heterocycles. The first-order valence-electron chi connectivity index (χ1n) is 7.69. The van der Waals surface area contributed by atoms with Gasteiger partial charge in [0.05, 0.1) is 6.85 Å². The molecule has 62 valence electrons. The van der Waals surface area contributed by atoms with Crippen molar-refractivity contribution in [3.8, 4) is 0 Å². The summed E-state index contributed by atoms with van der Waals surface area (Å²) in [5.41, 5.74) is 4.73. The topological polar surface area (TPSA) is 26.0 Å². The van der Waals surface area contributed by atoms with Crippen molar-refractivity contribution in [3.63, 3.8) is 0 Å². The van der Waals surface area contributed by atoms with Gasteiger partial charge < -0.3 is 5.73 Å². The second kappa shape index (κ2) is 5.16. The molecule has 0 saturated carbocycles. The average molecular weight is 182 g/mol.